The number of anilines is 1. The largest absolute Gasteiger partial charge is 0.467 e. The van der Waals surface area contributed by atoms with Gasteiger partial charge in [0, 0.05) is 31.0 Å². The molecule has 0 aliphatic heterocycles. The van der Waals surface area contributed by atoms with E-state index in [1.807, 2.05) is 31.2 Å². The van der Waals surface area contributed by atoms with Crippen LogP contribution in [0.5, 0.6) is 0 Å². The number of carbonyl (C=O) groups is 2. The monoisotopic (exact) mass is 364 g/mol. The van der Waals surface area contributed by atoms with Gasteiger partial charge in [0.25, 0.3) is 5.91 Å². The van der Waals surface area contributed by atoms with E-state index in [4.69, 9.17) is 4.42 Å². The Bertz CT molecular complexity index is 877. The topological polar surface area (TPSA) is 88.3 Å². The van der Waals surface area contributed by atoms with E-state index in [2.05, 4.69) is 15.3 Å². The molecular weight excluding hydrogens is 344 g/mol. The van der Waals surface area contributed by atoms with E-state index in [1.54, 1.807) is 18.4 Å². The molecule has 2 heterocycles. The fourth-order valence-corrected chi connectivity index (χ4v) is 2.51. The van der Waals surface area contributed by atoms with Crippen LogP contribution >= 0.6 is 0 Å². The van der Waals surface area contributed by atoms with E-state index in [0.717, 1.165) is 11.3 Å². The summed E-state index contributed by atoms with van der Waals surface area (Å²) < 4.78 is 5.33. The van der Waals surface area contributed by atoms with Gasteiger partial charge in [0.1, 0.15) is 11.5 Å². The van der Waals surface area contributed by atoms with Crippen LogP contribution in [-0.2, 0) is 11.3 Å². The van der Waals surface area contributed by atoms with Crippen molar-refractivity contribution in [3.63, 3.8) is 0 Å². The Balaban J connectivity index is 1.64. The first-order valence-corrected chi connectivity index (χ1v) is 8.56. The van der Waals surface area contributed by atoms with Gasteiger partial charge in [-0.2, -0.15) is 0 Å². The number of hydrogen-bond donors (Lipinski definition) is 1. The summed E-state index contributed by atoms with van der Waals surface area (Å²) in [6.07, 6.45) is 6.07. The average Bonchev–Trinajstić information content (AvgIpc) is 3.20. The van der Waals surface area contributed by atoms with Crippen molar-refractivity contribution in [1.29, 1.82) is 0 Å². The van der Waals surface area contributed by atoms with Crippen molar-refractivity contribution in [1.82, 2.24) is 14.9 Å². The third-order valence-electron chi connectivity index (χ3n) is 3.94. The van der Waals surface area contributed by atoms with E-state index in [9.17, 15) is 9.59 Å². The van der Waals surface area contributed by atoms with Crippen molar-refractivity contribution in [2.75, 3.05) is 11.9 Å². The van der Waals surface area contributed by atoms with Gasteiger partial charge in [0.2, 0.25) is 5.91 Å². The van der Waals surface area contributed by atoms with Crippen LogP contribution < -0.4 is 5.32 Å². The first-order chi connectivity index (χ1) is 13.1. The van der Waals surface area contributed by atoms with Crippen LogP contribution in [0.3, 0.4) is 0 Å². The molecule has 1 aromatic carbocycles. The minimum atomic E-state index is -0.303. The number of amides is 2. The Morgan fingerprint density at radius 1 is 1.15 bits per heavy atom. The molecule has 3 aromatic rings. The maximum Gasteiger partial charge on any atom is 0.274 e. The third kappa shape index (κ3) is 5.24. The van der Waals surface area contributed by atoms with Gasteiger partial charge >= 0.3 is 0 Å². The van der Waals surface area contributed by atoms with Gasteiger partial charge < -0.3 is 14.6 Å². The van der Waals surface area contributed by atoms with Crippen molar-refractivity contribution in [3.8, 4) is 0 Å². The molecule has 2 amide bonds. The maximum atomic E-state index is 12.7. The molecule has 0 aliphatic carbocycles. The molecule has 27 heavy (non-hydrogen) atoms. The zero-order valence-electron chi connectivity index (χ0n) is 15.0. The van der Waals surface area contributed by atoms with Crippen LogP contribution in [0.15, 0.2) is 65.7 Å². The van der Waals surface area contributed by atoms with Gasteiger partial charge in [0.15, 0.2) is 0 Å². The minimum absolute atomic E-state index is 0.153. The van der Waals surface area contributed by atoms with Crippen molar-refractivity contribution < 1.29 is 14.0 Å². The quantitative estimate of drug-likeness (QED) is 0.696. The number of hydrogen-bond acceptors (Lipinski definition) is 5. The number of nitrogens with zero attached hydrogens (tertiary/aromatic N) is 3. The fraction of sp³-hybridized carbons (Fsp3) is 0.200. The van der Waals surface area contributed by atoms with Crippen LogP contribution in [0.25, 0.3) is 0 Å². The highest BCUT2D eigenvalue weighted by molar-refractivity contribution is 5.93. The highest BCUT2D eigenvalue weighted by atomic mass is 16.3. The number of aryl methyl sites for hydroxylation is 1. The van der Waals surface area contributed by atoms with Crippen molar-refractivity contribution in [2.45, 2.75) is 19.9 Å². The van der Waals surface area contributed by atoms with Crippen LogP contribution in [-0.4, -0.2) is 33.2 Å². The lowest BCUT2D eigenvalue weighted by atomic mass is 10.2. The molecule has 0 spiro atoms. The van der Waals surface area contributed by atoms with E-state index in [1.165, 1.54) is 23.5 Å². The molecule has 0 radical (unpaired) electrons. The second-order valence-electron chi connectivity index (χ2n) is 6.06. The average molecular weight is 364 g/mol. The van der Waals surface area contributed by atoms with Crippen LogP contribution in [0.1, 0.15) is 28.2 Å². The number of nitrogens with one attached hydrogen (secondary N) is 1. The summed E-state index contributed by atoms with van der Waals surface area (Å²) in [4.78, 5) is 34.5. The van der Waals surface area contributed by atoms with Gasteiger partial charge in [0.05, 0.1) is 19.0 Å². The third-order valence-corrected chi connectivity index (χ3v) is 3.94. The number of benzene rings is 1. The number of aromatic nitrogens is 2. The lowest BCUT2D eigenvalue weighted by Crippen LogP contribution is -2.34. The summed E-state index contributed by atoms with van der Waals surface area (Å²) in [7, 11) is 0. The van der Waals surface area contributed by atoms with Crippen molar-refractivity contribution in [3.05, 3.63) is 78.3 Å². The lowest BCUT2D eigenvalue weighted by molar-refractivity contribution is -0.116. The molecule has 0 bridgehead atoms. The Hall–Kier alpha value is -3.48. The predicted molar refractivity (Wildman–Crippen MR) is 99.9 cm³/mol. The number of furan rings is 1. The molecule has 0 atom stereocenters. The van der Waals surface area contributed by atoms with Gasteiger partial charge in [-0.3, -0.25) is 14.6 Å². The summed E-state index contributed by atoms with van der Waals surface area (Å²) in [5, 5.41) is 2.83. The first kappa shape index (κ1) is 18.3. The predicted octanol–water partition coefficient (Wildman–Crippen LogP) is 3.05. The number of rotatable bonds is 7. The first-order valence-electron chi connectivity index (χ1n) is 8.56. The fourth-order valence-electron chi connectivity index (χ4n) is 2.51. The molecular formula is C20H20N4O3. The summed E-state index contributed by atoms with van der Waals surface area (Å²) in [6, 6.07) is 11.1. The Kier molecular flexibility index (Phi) is 5.94. The Labute approximate surface area is 157 Å². The highest BCUT2D eigenvalue weighted by Crippen LogP contribution is 2.12. The molecule has 7 heteroatoms. The lowest BCUT2D eigenvalue weighted by Gasteiger charge is -2.21. The Morgan fingerprint density at radius 2 is 1.96 bits per heavy atom. The molecule has 0 saturated carbocycles. The van der Waals surface area contributed by atoms with Gasteiger partial charge in [-0.25, -0.2) is 4.98 Å². The normalized spacial score (nSPS) is 10.4. The van der Waals surface area contributed by atoms with E-state index in [0.29, 0.717) is 5.76 Å². The SMILES string of the molecule is Cc1ccc(NC(=O)CCN(Cc2ccco2)C(=O)c2cnccn2)cc1. The summed E-state index contributed by atoms with van der Waals surface area (Å²) in [6.45, 7) is 2.46. The van der Waals surface area contributed by atoms with Gasteiger partial charge in [-0.15, -0.1) is 0 Å². The summed E-state index contributed by atoms with van der Waals surface area (Å²) in [5.74, 6) is 0.157. The van der Waals surface area contributed by atoms with E-state index < -0.39 is 0 Å². The van der Waals surface area contributed by atoms with Crippen molar-refractivity contribution in [2.24, 2.45) is 0 Å². The van der Waals surface area contributed by atoms with Gasteiger partial charge in [-0.1, -0.05) is 17.7 Å². The molecule has 7 nitrogen and oxygen atoms in total. The molecule has 0 fully saturated rings. The molecule has 3 rings (SSSR count). The second-order valence-corrected chi connectivity index (χ2v) is 6.06. The number of carbonyl (C=O) groups excluding carboxylic acids is 2. The zero-order valence-corrected chi connectivity index (χ0v) is 15.0. The van der Waals surface area contributed by atoms with E-state index in [-0.39, 0.29) is 37.0 Å². The summed E-state index contributed by atoms with van der Waals surface area (Å²) in [5.41, 5.74) is 2.07. The molecule has 0 saturated heterocycles. The second kappa shape index (κ2) is 8.75. The highest BCUT2D eigenvalue weighted by Gasteiger charge is 2.19. The Morgan fingerprint density at radius 3 is 2.63 bits per heavy atom. The van der Waals surface area contributed by atoms with Crippen LogP contribution in [0, 0.1) is 6.92 Å². The molecule has 0 unspecified atom stereocenters. The maximum absolute atomic E-state index is 12.7. The van der Waals surface area contributed by atoms with Crippen LogP contribution in [0.4, 0.5) is 5.69 Å². The van der Waals surface area contributed by atoms with E-state index >= 15 is 0 Å². The summed E-state index contributed by atoms with van der Waals surface area (Å²) >= 11 is 0. The smallest absolute Gasteiger partial charge is 0.274 e. The van der Waals surface area contributed by atoms with Crippen LogP contribution in [0.2, 0.25) is 0 Å². The molecule has 1 N–H and O–H groups in total. The molecule has 2 aromatic heterocycles. The minimum Gasteiger partial charge on any atom is -0.467 e. The molecule has 138 valence electrons. The van der Waals surface area contributed by atoms with Gasteiger partial charge in [-0.05, 0) is 31.2 Å². The molecule has 0 aliphatic rings. The zero-order chi connectivity index (χ0) is 19.1. The van der Waals surface area contributed by atoms with Crippen molar-refractivity contribution >= 4 is 17.5 Å². The standard InChI is InChI=1S/C20H20N4O3/c1-15-4-6-16(7-5-15)23-19(25)8-11-24(14-17-3-2-12-27-17)20(26)18-13-21-9-10-22-18/h2-7,9-10,12-13H,8,11,14H2,1H3,(H,23,25).